The van der Waals surface area contributed by atoms with E-state index in [1.54, 1.807) is 0 Å². The first-order valence-electron chi connectivity index (χ1n) is 5.12. The molecular weight excluding hydrogens is 148 g/mol. The normalized spacial score (nSPS) is 13.8. The molecule has 0 heterocycles. The van der Waals surface area contributed by atoms with E-state index in [-0.39, 0.29) is 0 Å². The summed E-state index contributed by atoms with van der Waals surface area (Å²) >= 11 is 0. The molecule has 0 aromatic heterocycles. The monoisotopic (exact) mass is 172 g/mol. The van der Waals surface area contributed by atoms with Crippen molar-refractivity contribution >= 4 is 0 Å². The molecule has 0 aromatic carbocycles. The van der Waals surface area contributed by atoms with Gasteiger partial charge in [0.2, 0.25) is 0 Å². The van der Waals surface area contributed by atoms with Gasteiger partial charge in [-0.1, -0.05) is 19.8 Å². The minimum atomic E-state index is 0.645. The Labute approximate surface area is 77.1 Å². The number of unbranched alkanes of at least 4 members (excludes halogenated alkanes) is 2. The maximum Gasteiger partial charge on any atom is 0.00758 e. The van der Waals surface area contributed by atoms with Gasteiger partial charge in [-0.15, -0.1) is 0 Å². The molecule has 0 fully saturated rings. The molecule has 2 nitrogen and oxygen atoms in total. The molecule has 0 bridgehead atoms. The summed E-state index contributed by atoms with van der Waals surface area (Å²) in [4.78, 5) is 2.41. The van der Waals surface area contributed by atoms with Gasteiger partial charge in [-0.2, -0.15) is 0 Å². The second-order valence-electron chi connectivity index (χ2n) is 3.61. The Bertz CT molecular complexity index is 93.8. The van der Waals surface area contributed by atoms with Crippen LogP contribution in [0.4, 0.5) is 0 Å². The van der Waals surface area contributed by atoms with Gasteiger partial charge in [0.15, 0.2) is 0 Å². The molecule has 0 aromatic rings. The molecule has 12 heavy (non-hydrogen) atoms. The zero-order valence-corrected chi connectivity index (χ0v) is 8.84. The molecule has 1 atom stereocenters. The van der Waals surface area contributed by atoms with Crippen LogP contribution in [-0.4, -0.2) is 31.1 Å². The Kier molecular flexibility index (Phi) is 7.51. The van der Waals surface area contributed by atoms with Gasteiger partial charge in [-0.05, 0) is 39.9 Å². The van der Waals surface area contributed by atoms with Crippen molar-refractivity contribution < 1.29 is 0 Å². The average Bonchev–Trinajstić information content (AvgIpc) is 2.05. The lowest BCUT2D eigenvalue weighted by atomic mass is 10.2. The minimum absolute atomic E-state index is 0.645. The van der Waals surface area contributed by atoms with Crippen molar-refractivity contribution in [1.82, 2.24) is 4.90 Å². The summed E-state index contributed by atoms with van der Waals surface area (Å²) < 4.78 is 0. The average molecular weight is 172 g/mol. The van der Waals surface area contributed by atoms with E-state index in [9.17, 15) is 0 Å². The molecule has 2 heteroatoms. The summed E-state index contributed by atoms with van der Waals surface area (Å²) in [5.74, 6) is 0. The van der Waals surface area contributed by atoms with Crippen LogP contribution in [0.2, 0.25) is 0 Å². The van der Waals surface area contributed by atoms with Crippen LogP contribution in [0.25, 0.3) is 0 Å². The third-order valence-corrected chi connectivity index (χ3v) is 2.45. The lowest BCUT2D eigenvalue weighted by molar-refractivity contribution is 0.243. The Hall–Kier alpha value is -0.0800. The minimum Gasteiger partial charge on any atom is -0.330 e. The first-order valence-corrected chi connectivity index (χ1v) is 5.12. The fourth-order valence-electron chi connectivity index (χ4n) is 1.29. The van der Waals surface area contributed by atoms with Gasteiger partial charge in [0.25, 0.3) is 0 Å². The highest BCUT2D eigenvalue weighted by molar-refractivity contribution is 4.63. The topological polar surface area (TPSA) is 29.3 Å². The molecule has 0 spiro atoms. The second-order valence-corrected chi connectivity index (χ2v) is 3.61. The van der Waals surface area contributed by atoms with Crippen molar-refractivity contribution in [3.05, 3.63) is 0 Å². The molecule has 0 aliphatic carbocycles. The lowest BCUT2D eigenvalue weighted by Crippen LogP contribution is -2.31. The molecule has 0 aliphatic heterocycles. The highest BCUT2D eigenvalue weighted by Gasteiger charge is 2.06. The largest absolute Gasteiger partial charge is 0.330 e. The third-order valence-electron chi connectivity index (χ3n) is 2.45. The zero-order valence-electron chi connectivity index (χ0n) is 8.84. The molecule has 0 saturated heterocycles. The van der Waals surface area contributed by atoms with Crippen LogP contribution in [0, 0.1) is 0 Å². The molecule has 0 saturated carbocycles. The number of nitrogens with two attached hydrogens (primary N) is 1. The van der Waals surface area contributed by atoms with Crippen molar-refractivity contribution in [2.75, 3.05) is 20.1 Å². The molecule has 74 valence electrons. The predicted octanol–water partition coefficient (Wildman–Crippen LogP) is 1.85. The fraction of sp³-hybridized carbons (Fsp3) is 1.00. The smallest absolute Gasteiger partial charge is 0.00758 e. The quantitative estimate of drug-likeness (QED) is 0.594. The van der Waals surface area contributed by atoms with Gasteiger partial charge in [0.1, 0.15) is 0 Å². The molecular formula is C10H24N2. The van der Waals surface area contributed by atoms with E-state index in [2.05, 4.69) is 25.8 Å². The summed E-state index contributed by atoms with van der Waals surface area (Å²) in [6.45, 7) is 6.51. The van der Waals surface area contributed by atoms with Crippen LogP contribution >= 0.6 is 0 Å². The van der Waals surface area contributed by atoms with Gasteiger partial charge < -0.3 is 10.6 Å². The fourth-order valence-corrected chi connectivity index (χ4v) is 1.29. The first kappa shape index (κ1) is 11.9. The number of rotatable bonds is 7. The van der Waals surface area contributed by atoms with Gasteiger partial charge >= 0.3 is 0 Å². The van der Waals surface area contributed by atoms with Crippen LogP contribution < -0.4 is 5.73 Å². The summed E-state index contributed by atoms with van der Waals surface area (Å²) in [5.41, 5.74) is 5.50. The standard InChI is InChI=1S/C10H24N2/c1-4-5-6-9-12(3)10(2)7-8-11/h10H,4-9,11H2,1-3H3. The Morgan fingerprint density at radius 3 is 2.50 bits per heavy atom. The van der Waals surface area contributed by atoms with Crippen molar-refractivity contribution in [3.8, 4) is 0 Å². The number of hydrogen-bond donors (Lipinski definition) is 1. The van der Waals surface area contributed by atoms with E-state index in [0.717, 1.165) is 13.0 Å². The van der Waals surface area contributed by atoms with Gasteiger partial charge in [0, 0.05) is 6.04 Å². The summed E-state index contributed by atoms with van der Waals surface area (Å²) in [6, 6.07) is 0.645. The molecule has 0 aliphatic rings. The molecule has 2 N–H and O–H groups in total. The predicted molar refractivity (Wildman–Crippen MR) is 55.3 cm³/mol. The molecule has 0 amide bonds. The summed E-state index contributed by atoms with van der Waals surface area (Å²) in [5, 5.41) is 0. The third kappa shape index (κ3) is 5.56. The summed E-state index contributed by atoms with van der Waals surface area (Å²) in [6.07, 6.45) is 5.09. The summed E-state index contributed by atoms with van der Waals surface area (Å²) in [7, 11) is 2.19. The van der Waals surface area contributed by atoms with Crippen LogP contribution in [0.15, 0.2) is 0 Å². The Balaban J connectivity index is 3.35. The SMILES string of the molecule is CCCCCN(C)C(C)CCN. The maximum atomic E-state index is 5.50. The molecule has 0 rings (SSSR count). The van der Waals surface area contributed by atoms with Crippen LogP contribution in [0.1, 0.15) is 39.5 Å². The van der Waals surface area contributed by atoms with Crippen molar-refractivity contribution in [2.45, 2.75) is 45.6 Å². The van der Waals surface area contributed by atoms with Crippen LogP contribution in [0.3, 0.4) is 0 Å². The van der Waals surface area contributed by atoms with E-state index in [4.69, 9.17) is 5.73 Å². The van der Waals surface area contributed by atoms with Crippen LogP contribution in [0.5, 0.6) is 0 Å². The van der Waals surface area contributed by atoms with Crippen molar-refractivity contribution in [3.63, 3.8) is 0 Å². The van der Waals surface area contributed by atoms with Crippen molar-refractivity contribution in [2.24, 2.45) is 5.73 Å². The van der Waals surface area contributed by atoms with E-state index in [1.807, 2.05) is 0 Å². The molecule has 1 unspecified atom stereocenters. The second kappa shape index (κ2) is 7.56. The number of hydrogen-bond acceptors (Lipinski definition) is 2. The highest BCUT2D eigenvalue weighted by Crippen LogP contribution is 2.02. The van der Waals surface area contributed by atoms with Gasteiger partial charge in [-0.3, -0.25) is 0 Å². The maximum absolute atomic E-state index is 5.50. The van der Waals surface area contributed by atoms with Crippen LogP contribution in [-0.2, 0) is 0 Å². The van der Waals surface area contributed by atoms with E-state index >= 15 is 0 Å². The first-order chi connectivity index (χ1) is 5.72. The van der Waals surface area contributed by atoms with E-state index in [1.165, 1.54) is 25.8 Å². The van der Waals surface area contributed by atoms with E-state index < -0.39 is 0 Å². The Morgan fingerprint density at radius 2 is 2.00 bits per heavy atom. The number of nitrogens with zero attached hydrogens (tertiary/aromatic N) is 1. The molecule has 0 radical (unpaired) electrons. The lowest BCUT2D eigenvalue weighted by Gasteiger charge is -2.23. The van der Waals surface area contributed by atoms with Gasteiger partial charge in [-0.25, -0.2) is 0 Å². The van der Waals surface area contributed by atoms with Gasteiger partial charge in [0.05, 0.1) is 0 Å². The Morgan fingerprint density at radius 1 is 1.33 bits per heavy atom. The van der Waals surface area contributed by atoms with E-state index in [0.29, 0.717) is 6.04 Å². The zero-order chi connectivity index (χ0) is 9.40. The highest BCUT2D eigenvalue weighted by atomic mass is 15.1. The van der Waals surface area contributed by atoms with Crippen molar-refractivity contribution in [1.29, 1.82) is 0 Å².